The number of hydrogen-bond donors (Lipinski definition) is 1. The van der Waals surface area contributed by atoms with Gasteiger partial charge in [0.15, 0.2) is 0 Å². The molecule has 0 saturated carbocycles. The predicted molar refractivity (Wildman–Crippen MR) is 98.5 cm³/mol. The number of aryl methyl sites for hydroxylation is 1. The largest absolute Gasteiger partial charge is 0.462 e. The van der Waals surface area contributed by atoms with Gasteiger partial charge in [-0.05, 0) is 55.2 Å². The van der Waals surface area contributed by atoms with Gasteiger partial charge in [0.2, 0.25) is 0 Å². The molecule has 0 radical (unpaired) electrons. The zero-order valence-electron chi connectivity index (χ0n) is 14.9. The van der Waals surface area contributed by atoms with E-state index >= 15 is 0 Å². The van der Waals surface area contributed by atoms with Gasteiger partial charge in [-0.1, -0.05) is 32.0 Å². The first kappa shape index (κ1) is 19.0. The van der Waals surface area contributed by atoms with Gasteiger partial charge in [-0.15, -0.1) is 0 Å². The third kappa shape index (κ3) is 4.39. The molecule has 0 unspecified atom stereocenters. The van der Waals surface area contributed by atoms with Crippen LogP contribution in [0.5, 0.6) is 0 Å². The molecule has 0 bridgehead atoms. The van der Waals surface area contributed by atoms with Gasteiger partial charge in [0.1, 0.15) is 0 Å². The van der Waals surface area contributed by atoms with E-state index in [9.17, 15) is 13.2 Å². The normalized spacial score (nSPS) is 11.4. The van der Waals surface area contributed by atoms with E-state index in [0.29, 0.717) is 11.3 Å². The molecule has 6 heteroatoms. The molecule has 0 aromatic heterocycles. The molecule has 0 aliphatic carbocycles. The second-order valence-corrected chi connectivity index (χ2v) is 7.73. The molecule has 134 valence electrons. The van der Waals surface area contributed by atoms with E-state index in [1.54, 1.807) is 6.92 Å². The Morgan fingerprint density at radius 3 is 2.32 bits per heavy atom. The molecule has 0 atom stereocenters. The standard InChI is InChI=1S/C19H23NO4S/c1-5-24-19(21)15-9-11-16(12-10-15)25(22,23)20-18-14(4)7-6-8-17(18)13(2)3/h6-13,20H,5H2,1-4H3. The summed E-state index contributed by atoms with van der Waals surface area (Å²) in [6.07, 6.45) is 0. The summed E-state index contributed by atoms with van der Waals surface area (Å²) >= 11 is 0. The number of para-hydroxylation sites is 1. The maximum atomic E-state index is 12.7. The molecule has 0 saturated heterocycles. The van der Waals surface area contributed by atoms with Crippen molar-refractivity contribution in [1.82, 2.24) is 0 Å². The van der Waals surface area contributed by atoms with Crippen LogP contribution in [0.3, 0.4) is 0 Å². The van der Waals surface area contributed by atoms with Crippen molar-refractivity contribution in [3.05, 3.63) is 59.2 Å². The quantitative estimate of drug-likeness (QED) is 0.786. The Balaban J connectivity index is 2.33. The topological polar surface area (TPSA) is 72.5 Å². The van der Waals surface area contributed by atoms with Crippen LogP contribution in [0.1, 0.15) is 48.2 Å². The Bertz CT molecular complexity index is 855. The number of rotatable bonds is 6. The van der Waals surface area contributed by atoms with Crippen molar-refractivity contribution in [3.8, 4) is 0 Å². The molecule has 0 spiro atoms. The highest BCUT2D eigenvalue weighted by Gasteiger charge is 2.19. The monoisotopic (exact) mass is 361 g/mol. The van der Waals surface area contributed by atoms with E-state index in [4.69, 9.17) is 4.74 Å². The SMILES string of the molecule is CCOC(=O)c1ccc(S(=O)(=O)Nc2c(C)cccc2C(C)C)cc1. The van der Waals surface area contributed by atoms with Gasteiger partial charge >= 0.3 is 5.97 Å². The van der Waals surface area contributed by atoms with E-state index in [1.807, 2.05) is 39.0 Å². The van der Waals surface area contributed by atoms with Crippen LogP contribution in [0, 0.1) is 6.92 Å². The van der Waals surface area contributed by atoms with Crippen molar-refractivity contribution in [1.29, 1.82) is 0 Å². The van der Waals surface area contributed by atoms with E-state index in [0.717, 1.165) is 11.1 Å². The fourth-order valence-corrected chi connectivity index (χ4v) is 3.65. The Kier molecular flexibility index (Phi) is 5.85. The average Bonchev–Trinajstić information content (AvgIpc) is 2.56. The minimum Gasteiger partial charge on any atom is -0.462 e. The van der Waals surface area contributed by atoms with Gasteiger partial charge in [-0.25, -0.2) is 13.2 Å². The maximum absolute atomic E-state index is 12.7. The highest BCUT2D eigenvalue weighted by Crippen LogP contribution is 2.29. The summed E-state index contributed by atoms with van der Waals surface area (Å²) in [6, 6.07) is 11.4. The fourth-order valence-electron chi connectivity index (χ4n) is 2.49. The van der Waals surface area contributed by atoms with Gasteiger partial charge < -0.3 is 4.74 Å². The van der Waals surface area contributed by atoms with Gasteiger partial charge in [0.05, 0.1) is 22.8 Å². The van der Waals surface area contributed by atoms with E-state index < -0.39 is 16.0 Å². The van der Waals surface area contributed by atoms with Crippen molar-refractivity contribution < 1.29 is 17.9 Å². The summed E-state index contributed by atoms with van der Waals surface area (Å²) in [5.41, 5.74) is 2.72. The number of nitrogens with one attached hydrogen (secondary N) is 1. The van der Waals surface area contributed by atoms with Crippen molar-refractivity contribution in [2.24, 2.45) is 0 Å². The predicted octanol–water partition coefficient (Wildman–Crippen LogP) is 4.10. The summed E-state index contributed by atoms with van der Waals surface area (Å²) in [5, 5.41) is 0. The van der Waals surface area contributed by atoms with Gasteiger partial charge in [0.25, 0.3) is 10.0 Å². The maximum Gasteiger partial charge on any atom is 0.338 e. The number of ether oxygens (including phenoxy) is 1. The van der Waals surface area contributed by atoms with Gasteiger partial charge in [-0.2, -0.15) is 0 Å². The highest BCUT2D eigenvalue weighted by atomic mass is 32.2. The molecule has 0 aliphatic heterocycles. The third-order valence-corrected chi connectivity index (χ3v) is 5.20. The lowest BCUT2D eigenvalue weighted by Crippen LogP contribution is -2.16. The molecule has 2 aromatic rings. The number of anilines is 1. The second kappa shape index (κ2) is 7.70. The van der Waals surface area contributed by atoms with Crippen LogP contribution < -0.4 is 4.72 Å². The summed E-state index contributed by atoms with van der Waals surface area (Å²) in [7, 11) is -3.75. The Labute approximate surface area is 149 Å². The number of hydrogen-bond acceptors (Lipinski definition) is 4. The first-order valence-electron chi connectivity index (χ1n) is 8.15. The molecule has 0 aliphatic rings. The molecule has 2 aromatic carbocycles. The van der Waals surface area contributed by atoms with E-state index in [2.05, 4.69) is 4.72 Å². The molecule has 25 heavy (non-hydrogen) atoms. The second-order valence-electron chi connectivity index (χ2n) is 6.04. The Morgan fingerprint density at radius 1 is 1.12 bits per heavy atom. The molecule has 5 nitrogen and oxygen atoms in total. The Morgan fingerprint density at radius 2 is 1.76 bits per heavy atom. The smallest absolute Gasteiger partial charge is 0.338 e. The lowest BCUT2D eigenvalue weighted by molar-refractivity contribution is 0.0526. The number of benzene rings is 2. The molecule has 0 heterocycles. The first-order valence-corrected chi connectivity index (χ1v) is 9.64. The van der Waals surface area contributed by atoms with Crippen LogP contribution in [0.2, 0.25) is 0 Å². The fraction of sp³-hybridized carbons (Fsp3) is 0.316. The number of carbonyl (C=O) groups excluding carboxylic acids is 1. The number of sulfonamides is 1. The van der Waals surface area contributed by atoms with Crippen molar-refractivity contribution in [3.63, 3.8) is 0 Å². The molecule has 0 amide bonds. The van der Waals surface area contributed by atoms with Gasteiger partial charge in [0, 0.05) is 0 Å². The minimum absolute atomic E-state index is 0.0958. The van der Waals surface area contributed by atoms with Gasteiger partial charge in [-0.3, -0.25) is 4.72 Å². The average molecular weight is 361 g/mol. The Hall–Kier alpha value is -2.34. The zero-order chi connectivity index (χ0) is 18.6. The summed E-state index contributed by atoms with van der Waals surface area (Å²) < 4.78 is 33.0. The molecular formula is C19H23NO4S. The minimum atomic E-state index is -3.75. The van der Waals surface area contributed by atoms with Crippen molar-refractivity contribution >= 4 is 21.7 Å². The highest BCUT2D eigenvalue weighted by molar-refractivity contribution is 7.92. The zero-order valence-corrected chi connectivity index (χ0v) is 15.7. The van der Waals surface area contributed by atoms with E-state index in [-0.39, 0.29) is 17.4 Å². The summed E-state index contributed by atoms with van der Waals surface area (Å²) in [4.78, 5) is 11.8. The molecule has 2 rings (SSSR count). The van der Waals surface area contributed by atoms with Crippen LogP contribution in [0.15, 0.2) is 47.4 Å². The lowest BCUT2D eigenvalue weighted by atomic mass is 9.99. The van der Waals surface area contributed by atoms with Crippen LogP contribution in [-0.2, 0) is 14.8 Å². The summed E-state index contributed by atoms with van der Waals surface area (Å²) in [5.74, 6) is -0.288. The van der Waals surface area contributed by atoms with Crippen LogP contribution in [0.4, 0.5) is 5.69 Å². The molecular weight excluding hydrogens is 338 g/mol. The van der Waals surface area contributed by atoms with E-state index in [1.165, 1.54) is 24.3 Å². The van der Waals surface area contributed by atoms with Crippen molar-refractivity contribution in [2.45, 2.75) is 38.5 Å². The van der Waals surface area contributed by atoms with Crippen LogP contribution in [0.25, 0.3) is 0 Å². The number of esters is 1. The van der Waals surface area contributed by atoms with Crippen molar-refractivity contribution in [2.75, 3.05) is 11.3 Å². The van der Waals surface area contributed by atoms with Crippen LogP contribution >= 0.6 is 0 Å². The number of carbonyl (C=O) groups is 1. The first-order chi connectivity index (χ1) is 11.8. The summed E-state index contributed by atoms with van der Waals surface area (Å²) in [6.45, 7) is 7.88. The molecule has 1 N–H and O–H groups in total. The lowest BCUT2D eigenvalue weighted by Gasteiger charge is -2.17. The van der Waals surface area contributed by atoms with Crippen LogP contribution in [-0.4, -0.2) is 21.0 Å². The molecule has 0 fully saturated rings. The third-order valence-electron chi connectivity index (χ3n) is 3.84.